The summed E-state index contributed by atoms with van der Waals surface area (Å²) < 4.78 is 46.8. The van der Waals surface area contributed by atoms with E-state index >= 15 is 0 Å². The van der Waals surface area contributed by atoms with Crippen molar-refractivity contribution in [1.29, 1.82) is 0 Å². The van der Waals surface area contributed by atoms with Crippen LogP contribution in [0, 0.1) is 5.92 Å². The highest BCUT2D eigenvalue weighted by Crippen LogP contribution is 2.41. The molecule has 0 aromatic carbocycles. The molecule has 2 saturated heterocycles. The lowest BCUT2D eigenvalue weighted by atomic mass is 9.85. The van der Waals surface area contributed by atoms with Crippen molar-refractivity contribution in [2.45, 2.75) is 69.3 Å². The number of fused-ring (bicyclic) bond motifs is 1. The highest BCUT2D eigenvalue weighted by atomic mass is 19.4. The molecule has 3 aliphatic heterocycles. The molecule has 156 valence electrons. The molecule has 1 aromatic heterocycles. The molecule has 3 atom stereocenters. The van der Waals surface area contributed by atoms with Crippen LogP contribution in [0.25, 0.3) is 0 Å². The minimum absolute atomic E-state index is 0.0580. The number of carbonyl (C=O) groups is 1. The van der Waals surface area contributed by atoms with E-state index in [1.54, 1.807) is 0 Å². The maximum atomic E-state index is 13.4. The Hall–Kier alpha value is -1.84. The smallest absolute Gasteiger partial charge is 0.378 e. The molecule has 0 unspecified atom stereocenters. The second kappa shape index (κ2) is 7.88. The van der Waals surface area contributed by atoms with Crippen LogP contribution in [0.5, 0.6) is 0 Å². The summed E-state index contributed by atoms with van der Waals surface area (Å²) >= 11 is 0. The average molecular weight is 401 g/mol. The van der Waals surface area contributed by atoms with Crippen LogP contribution in [0.4, 0.5) is 19.1 Å². The van der Waals surface area contributed by atoms with Gasteiger partial charge in [-0.05, 0) is 44.4 Å². The van der Waals surface area contributed by atoms with Crippen molar-refractivity contribution >= 4 is 11.9 Å². The molecule has 1 amide bonds. The zero-order valence-corrected chi connectivity index (χ0v) is 15.7. The van der Waals surface area contributed by atoms with E-state index in [0.717, 1.165) is 36.9 Å². The highest BCUT2D eigenvalue weighted by molar-refractivity contribution is 5.76. The summed E-state index contributed by atoms with van der Waals surface area (Å²) in [7, 11) is 0. The first-order valence-electron chi connectivity index (χ1n) is 10.0. The Balaban J connectivity index is 1.30. The van der Waals surface area contributed by atoms with E-state index in [1.807, 2.05) is 4.90 Å². The number of anilines is 1. The Labute approximate surface area is 161 Å². The third-order valence-corrected chi connectivity index (χ3v) is 6.20. The number of carbonyl (C=O) groups excluding carboxylic acids is 1. The van der Waals surface area contributed by atoms with Crippen LogP contribution in [-0.4, -0.2) is 63.6 Å². The van der Waals surface area contributed by atoms with Gasteiger partial charge in [0.1, 0.15) is 6.33 Å². The van der Waals surface area contributed by atoms with Gasteiger partial charge >= 0.3 is 6.18 Å². The molecule has 0 spiro atoms. The van der Waals surface area contributed by atoms with Crippen LogP contribution in [-0.2, 0) is 9.53 Å². The van der Waals surface area contributed by atoms with E-state index in [0.29, 0.717) is 32.4 Å². The van der Waals surface area contributed by atoms with E-state index < -0.39 is 12.2 Å². The van der Waals surface area contributed by atoms with Crippen LogP contribution < -0.4 is 5.32 Å². The van der Waals surface area contributed by atoms with Crippen molar-refractivity contribution in [3.63, 3.8) is 0 Å². The summed E-state index contributed by atoms with van der Waals surface area (Å²) in [4.78, 5) is 18.2. The van der Waals surface area contributed by atoms with Gasteiger partial charge in [0, 0.05) is 32.2 Å². The number of alkyl halides is 3. The van der Waals surface area contributed by atoms with Gasteiger partial charge in [-0.25, -0.2) is 4.68 Å². The van der Waals surface area contributed by atoms with Crippen LogP contribution in [0.3, 0.4) is 0 Å². The molecular weight excluding hydrogens is 375 g/mol. The second-order valence-corrected chi connectivity index (χ2v) is 7.96. The van der Waals surface area contributed by atoms with Gasteiger partial charge < -0.3 is 15.0 Å². The molecule has 0 radical (unpaired) electrons. The Bertz CT molecular complexity index is 681. The van der Waals surface area contributed by atoms with Crippen LogP contribution >= 0.6 is 0 Å². The van der Waals surface area contributed by atoms with Gasteiger partial charge in [0.2, 0.25) is 11.9 Å². The zero-order chi connectivity index (χ0) is 19.7. The number of aromatic nitrogens is 3. The van der Waals surface area contributed by atoms with Gasteiger partial charge in [-0.3, -0.25) is 4.79 Å². The number of ether oxygens (including phenoxy) is 1. The molecule has 1 N–H and O–H groups in total. The van der Waals surface area contributed by atoms with Crippen molar-refractivity contribution in [3.8, 4) is 0 Å². The lowest BCUT2D eigenvalue weighted by molar-refractivity contribution is -0.174. The van der Waals surface area contributed by atoms with Crippen molar-refractivity contribution in [3.05, 3.63) is 6.33 Å². The summed E-state index contributed by atoms with van der Waals surface area (Å²) in [5, 5.41) is 6.86. The van der Waals surface area contributed by atoms with E-state index in [-0.39, 0.29) is 36.3 Å². The number of piperidine rings is 1. The molecule has 10 heteroatoms. The molecule has 0 bridgehead atoms. The third-order valence-electron chi connectivity index (χ3n) is 6.20. The standard InChI is InChI=1S/C18H26F3N5O2/c19-18(20,21)15-10-14(24-17-22-11-23-26(15)17)12-5-7-25(8-6-12)16(27)4-3-13-2-1-9-28-13/h11-15H,1-10H2,(H,22,23,24)/t13-,14+,15-/m1/s1. The van der Waals surface area contributed by atoms with Gasteiger partial charge in [0.25, 0.3) is 0 Å². The average Bonchev–Trinajstić information content (AvgIpc) is 3.36. The number of halogens is 3. The Morgan fingerprint density at radius 2 is 2.07 bits per heavy atom. The molecule has 4 rings (SSSR count). The first-order valence-corrected chi connectivity index (χ1v) is 10.0. The second-order valence-electron chi connectivity index (χ2n) is 7.96. The third kappa shape index (κ3) is 4.11. The van der Waals surface area contributed by atoms with Crippen molar-refractivity contribution < 1.29 is 22.7 Å². The van der Waals surface area contributed by atoms with Gasteiger partial charge in [-0.1, -0.05) is 0 Å². The number of nitrogens with one attached hydrogen (secondary N) is 1. The molecule has 4 heterocycles. The largest absolute Gasteiger partial charge is 0.411 e. The van der Waals surface area contributed by atoms with Crippen molar-refractivity contribution in [2.24, 2.45) is 5.92 Å². The molecule has 1 aromatic rings. The molecule has 2 fully saturated rings. The van der Waals surface area contributed by atoms with Crippen LogP contribution in [0.15, 0.2) is 6.33 Å². The Morgan fingerprint density at radius 3 is 2.75 bits per heavy atom. The zero-order valence-electron chi connectivity index (χ0n) is 15.7. The highest BCUT2D eigenvalue weighted by Gasteiger charge is 2.48. The first-order chi connectivity index (χ1) is 13.4. The fourth-order valence-electron chi connectivity index (χ4n) is 4.59. The number of rotatable bonds is 4. The topological polar surface area (TPSA) is 72.3 Å². The monoisotopic (exact) mass is 401 g/mol. The number of amides is 1. The number of likely N-dealkylation sites (tertiary alicyclic amines) is 1. The molecule has 0 aliphatic carbocycles. The van der Waals surface area contributed by atoms with Gasteiger partial charge in [0.05, 0.1) is 6.10 Å². The fraction of sp³-hybridized carbons (Fsp3) is 0.833. The Kier molecular flexibility index (Phi) is 5.48. The maximum Gasteiger partial charge on any atom is 0.411 e. The quantitative estimate of drug-likeness (QED) is 0.840. The van der Waals surface area contributed by atoms with Crippen LogP contribution in [0.2, 0.25) is 0 Å². The summed E-state index contributed by atoms with van der Waals surface area (Å²) in [6, 6.07) is -1.96. The van der Waals surface area contributed by atoms with E-state index in [4.69, 9.17) is 4.74 Å². The summed E-state index contributed by atoms with van der Waals surface area (Å²) in [6.07, 6.45) is 1.65. The van der Waals surface area contributed by atoms with E-state index in [9.17, 15) is 18.0 Å². The van der Waals surface area contributed by atoms with Crippen LogP contribution in [0.1, 0.15) is 51.0 Å². The van der Waals surface area contributed by atoms with Gasteiger partial charge in [-0.2, -0.15) is 23.3 Å². The lowest BCUT2D eigenvalue weighted by Crippen LogP contribution is -2.47. The predicted octanol–water partition coefficient (Wildman–Crippen LogP) is 2.76. The minimum atomic E-state index is -4.36. The fourth-order valence-corrected chi connectivity index (χ4v) is 4.59. The molecule has 3 aliphatic rings. The lowest BCUT2D eigenvalue weighted by Gasteiger charge is -2.40. The molecule has 0 saturated carbocycles. The molecule has 28 heavy (non-hydrogen) atoms. The van der Waals surface area contributed by atoms with Gasteiger partial charge in [0.15, 0.2) is 6.04 Å². The Morgan fingerprint density at radius 1 is 1.29 bits per heavy atom. The first kappa shape index (κ1) is 19.5. The summed E-state index contributed by atoms with van der Waals surface area (Å²) in [5.41, 5.74) is 0. The van der Waals surface area contributed by atoms with E-state index in [2.05, 4.69) is 15.4 Å². The summed E-state index contributed by atoms with van der Waals surface area (Å²) in [5.74, 6) is 0.379. The van der Waals surface area contributed by atoms with Crippen molar-refractivity contribution in [2.75, 3.05) is 25.0 Å². The minimum Gasteiger partial charge on any atom is -0.378 e. The van der Waals surface area contributed by atoms with Crippen molar-refractivity contribution in [1.82, 2.24) is 19.7 Å². The maximum absolute atomic E-state index is 13.4. The normalized spacial score (nSPS) is 28.8. The number of hydrogen-bond acceptors (Lipinski definition) is 5. The number of nitrogens with zero attached hydrogens (tertiary/aromatic N) is 4. The van der Waals surface area contributed by atoms with E-state index in [1.165, 1.54) is 0 Å². The summed E-state index contributed by atoms with van der Waals surface area (Å²) in [6.45, 7) is 1.97. The molecule has 7 nitrogen and oxygen atoms in total. The number of hydrogen-bond donors (Lipinski definition) is 1. The SMILES string of the molecule is O=C(CC[C@H]1CCCO1)N1CCC([C@@H]2C[C@H](C(F)(F)F)n3ncnc3N2)CC1. The predicted molar refractivity (Wildman–Crippen MR) is 94.7 cm³/mol. The molecular formula is C18H26F3N5O2. The van der Waals surface area contributed by atoms with Gasteiger partial charge in [-0.15, -0.1) is 0 Å².